The Bertz CT molecular complexity index is 1170. The molecular weight excluding hydrogens is 450 g/mol. The van der Waals surface area contributed by atoms with Crippen LogP contribution in [0.4, 0.5) is 5.69 Å². The summed E-state index contributed by atoms with van der Waals surface area (Å²) in [4.78, 5) is 12.6. The zero-order valence-electron chi connectivity index (χ0n) is 19.5. The first-order chi connectivity index (χ1) is 16.2. The number of aliphatic hydroxyl groups excluding tert-OH is 1. The van der Waals surface area contributed by atoms with Gasteiger partial charge in [0.1, 0.15) is 0 Å². The zero-order valence-corrected chi connectivity index (χ0v) is 20.3. The average molecular weight is 482 g/mol. The number of hydrogen-bond donors (Lipinski definition) is 3. The summed E-state index contributed by atoms with van der Waals surface area (Å²) < 4.78 is 0. The predicted molar refractivity (Wildman–Crippen MR) is 137 cm³/mol. The molecule has 0 aromatic heterocycles. The summed E-state index contributed by atoms with van der Waals surface area (Å²) in [6, 6.07) is 19.3. The van der Waals surface area contributed by atoms with Crippen LogP contribution >= 0.6 is 11.8 Å². The fourth-order valence-electron chi connectivity index (χ4n) is 4.52. The molecule has 180 valence electrons. The van der Waals surface area contributed by atoms with Crippen LogP contribution in [0, 0.1) is 10.1 Å². The second kappa shape index (κ2) is 10.3. The third-order valence-electron chi connectivity index (χ3n) is 6.38. The Morgan fingerprint density at radius 3 is 2.71 bits per heavy atom. The molecule has 0 aliphatic carbocycles. The molecular formula is C26H31N3O4S. The number of nitro groups is 1. The van der Waals surface area contributed by atoms with Crippen molar-refractivity contribution in [2.75, 3.05) is 18.2 Å². The van der Waals surface area contributed by atoms with Crippen LogP contribution in [0.15, 0.2) is 60.7 Å². The van der Waals surface area contributed by atoms with Gasteiger partial charge in [-0.15, -0.1) is 11.8 Å². The summed E-state index contributed by atoms with van der Waals surface area (Å²) in [7, 11) is 0. The molecule has 0 spiro atoms. The van der Waals surface area contributed by atoms with E-state index < -0.39 is 11.0 Å². The number of β-amino-alcohol motifs (C(OH)–C–C–N with tert-alkyl or cyclic N) is 1. The maximum Gasteiger partial charge on any atom is 0.311 e. The minimum Gasteiger partial charge on any atom is -0.502 e. The number of fused-ring (bicyclic) bond motifs is 1. The van der Waals surface area contributed by atoms with Crippen molar-refractivity contribution in [1.29, 1.82) is 0 Å². The fraction of sp³-hybridized carbons (Fsp3) is 0.385. The summed E-state index contributed by atoms with van der Waals surface area (Å²) in [6.45, 7) is 5.06. The first kappa shape index (κ1) is 24.5. The van der Waals surface area contributed by atoms with Crippen molar-refractivity contribution in [3.8, 4) is 5.75 Å². The minimum atomic E-state index is -0.605. The van der Waals surface area contributed by atoms with E-state index in [1.807, 2.05) is 12.1 Å². The molecule has 0 bridgehead atoms. The molecule has 1 saturated heterocycles. The highest BCUT2D eigenvalue weighted by atomic mass is 32.2. The lowest BCUT2D eigenvalue weighted by Gasteiger charge is -2.32. The van der Waals surface area contributed by atoms with Gasteiger partial charge < -0.3 is 15.5 Å². The lowest BCUT2D eigenvalue weighted by atomic mass is 9.93. The summed E-state index contributed by atoms with van der Waals surface area (Å²) in [5.41, 5.74) is 1.24. The van der Waals surface area contributed by atoms with E-state index in [2.05, 4.69) is 54.4 Å². The van der Waals surface area contributed by atoms with Gasteiger partial charge >= 0.3 is 5.69 Å². The van der Waals surface area contributed by atoms with Crippen molar-refractivity contribution in [2.45, 2.75) is 44.5 Å². The maximum absolute atomic E-state index is 11.1. The topological polar surface area (TPSA) is 98.9 Å². The van der Waals surface area contributed by atoms with Crippen molar-refractivity contribution in [1.82, 2.24) is 10.2 Å². The number of aromatic hydroxyl groups is 1. The molecule has 0 saturated carbocycles. The summed E-state index contributed by atoms with van der Waals surface area (Å²) in [5, 5.41) is 38.4. The lowest BCUT2D eigenvalue weighted by Crippen LogP contribution is -2.50. The Labute approximate surface area is 203 Å². The third kappa shape index (κ3) is 5.70. The first-order valence-corrected chi connectivity index (χ1v) is 12.6. The molecule has 1 aliphatic rings. The molecule has 1 aliphatic heterocycles. The molecule has 3 aromatic rings. The van der Waals surface area contributed by atoms with Gasteiger partial charge in [-0.05, 0) is 36.6 Å². The molecule has 4 rings (SSSR count). The van der Waals surface area contributed by atoms with E-state index in [-0.39, 0.29) is 23.0 Å². The Kier molecular flexibility index (Phi) is 7.42. The number of phenolic OH excluding ortho intramolecular Hbond substituents is 1. The molecule has 7 nitrogen and oxygen atoms in total. The molecule has 0 amide bonds. The Morgan fingerprint density at radius 2 is 1.94 bits per heavy atom. The second-order valence-corrected chi connectivity index (χ2v) is 10.5. The molecule has 3 N–H and O–H groups in total. The summed E-state index contributed by atoms with van der Waals surface area (Å²) in [5.74, 6) is 1.17. The quantitative estimate of drug-likeness (QED) is 0.310. The van der Waals surface area contributed by atoms with Crippen molar-refractivity contribution in [3.63, 3.8) is 0 Å². The predicted octanol–water partition coefficient (Wildman–Crippen LogP) is 4.30. The number of para-hydroxylation sites is 1. The van der Waals surface area contributed by atoms with Gasteiger partial charge in [-0.1, -0.05) is 54.6 Å². The Morgan fingerprint density at radius 1 is 1.18 bits per heavy atom. The monoisotopic (exact) mass is 481 g/mol. The molecule has 1 fully saturated rings. The van der Waals surface area contributed by atoms with E-state index in [1.165, 1.54) is 22.4 Å². The van der Waals surface area contributed by atoms with Crippen molar-refractivity contribution in [2.24, 2.45) is 0 Å². The van der Waals surface area contributed by atoms with Gasteiger partial charge in [0.2, 0.25) is 0 Å². The Hall–Kier alpha value is -2.65. The van der Waals surface area contributed by atoms with E-state index in [4.69, 9.17) is 0 Å². The Balaban J connectivity index is 1.37. The standard InChI is InChI=1S/C26H31N3O4S/c1-26(2,13-18-10-11-19-6-3-4-7-20(19)12-18)27-14-24(30)23-16-34-17-28(23)15-21-8-5-9-22(25(21)31)29(32)33/h3-12,23-24,27,30-31H,13-17H2,1-2H3. The number of benzene rings is 3. The van der Waals surface area contributed by atoms with Crippen LogP contribution in [0.25, 0.3) is 10.8 Å². The normalized spacial score (nSPS) is 17.8. The van der Waals surface area contributed by atoms with Crippen LogP contribution in [0.2, 0.25) is 0 Å². The average Bonchev–Trinajstić information content (AvgIpc) is 3.26. The number of nitrogens with zero attached hydrogens (tertiary/aromatic N) is 2. The molecule has 34 heavy (non-hydrogen) atoms. The lowest BCUT2D eigenvalue weighted by molar-refractivity contribution is -0.385. The third-order valence-corrected chi connectivity index (χ3v) is 7.47. The molecule has 1 heterocycles. The fourth-order valence-corrected chi connectivity index (χ4v) is 5.82. The zero-order chi connectivity index (χ0) is 24.3. The number of nitro benzene ring substituents is 1. The van der Waals surface area contributed by atoms with E-state index in [1.54, 1.807) is 23.9 Å². The van der Waals surface area contributed by atoms with Crippen molar-refractivity contribution >= 4 is 28.2 Å². The highest BCUT2D eigenvalue weighted by Gasteiger charge is 2.33. The molecule has 2 unspecified atom stereocenters. The SMILES string of the molecule is CC(C)(Cc1ccc2ccccc2c1)NCC(O)C1CSCN1Cc1cccc([N+](=O)[O-])c1O. The van der Waals surface area contributed by atoms with Crippen LogP contribution in [0.1, 0.15) is 25.0 Å². The number of nitrogens with one attached hydrogen (secondary N) is 1. The van der Waals surface area contributed by atoms with Crippen LogP contribution in [-0.4, -0.2) is 55.9 Å². The van der Waals surface area contributed by atoms with E-state index >= 15 is 0 Å². The van der Waals surface area contributed by atoms with Crippen LogP contribution < -0.4 is 5.32 Å². The molecule has 0 radical (unpaired) electrons. The number of thioether (sulfide) groups is 1. The number of rotatable bonds is 9. The second-order valence-electron chi connectivity index (χ2n) is 9.55. The number of aliphatic hydroxyl groups is 1. The van der Waals surface area contributed by atoms with Crippen molar-refractivity contribution < 1.29 is 15.1 Å². The molecule has 8 heteroatoms. The van der Waals surface area contributed by atoms with Crippen molar-refractivity contribution in [3.05, 3.63) is 81.9 Å². The highest BCUT2D eigenvalue weighted by Crippen LogP contribution is 2.33. The van der Waals surface area contributed by atoms with Crippen LogP contribution in [0.5, 0.6) is 5.75 Å². The summed E-state index contributed by atoms with van der Waals surface area (Å²) in [6.07, 6.45) is 0.224. The van der Waals surface area contributed by atoms with Gasteiger partial charge in [-0.25, -0.2) is 0 Å². The smallest absolute Gasteiger partial charge is 0.311 e. The van der Waals surface area contributed by atoms with E-state index in [0.717, 1.165) is 12.2 Å². The first-order valence-electron chi connectivity index (χ1n) is 11.4. The van der Waals surface area contributed by atoms with Gasteiger partial charge in [0.15, 0.2) is 5.75 Å². The van der Waals surface area contributed by atoms with Gasteiger partial charge in [0.05, 0.1) is 11.0 Å². The highest BCUT2D eigenvalue weighted by molar-refractivity contribution is 7.99. The van der Waals surface area contributed by atoms with Gasteiger partial charge in [0, 0.05) is 47.9 Å². The largest absolute Gasteiger partial charge is 0.502 e. The van der Waals surface area contributed by atoms with Crippen LogP contribution in [0.3, 0.4) is 0 Å². The summed E-state index contributed by atoms with van der Waals surface area (Å²) >= 11 is 1.71. The number of hydrogen-bond acceptors (Lipinski definition) is 7. The van der Waals surface area contributed by atoms with E-state index in [9.17, 15) is 20.3 Å². The molecule has 2 atom stereocenters. The number of phenols is 1. The van der Waals surface area contributed by atoms with Gasteiger partial charge in [0.25, 0.3) is 0 Å². The van der Waals surface area contributed by atoms with E-state index in [0.29, 0.717) is 24.5 Å². The molecule has 3 aromatic carbocycles. The van der Waals surface area contributed by atoms with Gasteiger partial charge in [-0.2, -0.15) is 0 Å². The van der Waals surface area contributed by atoms with Crippen LogP contribution in [-0.2, 0) is 13.0 Å². The van der Waals surface area contributed by atoms with Gasteiger partial charge in [-0.3, -0.25) is 15.0 Å². The minimum absolute atomic E-state index is 0.104. The maximum atomic E-state index is 11.1.